The highest BCUT2D eigenvalue weighted by Crippen LogP contribution is 2.05. The highest BCUT2D eigenvalue weighted by atomic mass is 32.2. The molecule has 0 aromatic rings. The predicted molar refractivity (Wildman–Crippen MR) is 58.1 cm³/mol. The Morgan fingerprint density at radius 1 is 1.36 bits per heavy atom. The molecule has 0 saturated heterocycles. The van der Waals surface area contributed by atoms with Crippen molar-refractivity contribution in [3.8, 4) is 0 Å². The lowest BCUT2D eigenvalue weighted by atomic mass is 10.2. The van der Waals surface area contributed by atoms with E-state index in [-0.39, 0.29) is 12.1 Å². The summed E-state index contributed by atoms with van der Waals surface area (Å²) in [4.78, 5) is 0. The molecule has 6 heteroatoms. The molecule has 0 aliphatic heterocycles. The molecular weight excluding hydrogens is 202 g/mol. The minimum absolute atomic E-state index is 0.0729. The monoisotopic (exact) mass is 223 g/mol. The van der Waals surface area contributed by atoms with Gasteiger partial charge < -0.3 is 5.73 Å². The lowest BCUT2D eigenvalue weighted by molar-refractivity contribution is 0.366. The number of nitrogens with one attached hydrogen (secondary N) is 1. The lowest BCUT2D eigenvalue weighted by Gasteiger charge is -2.25. The number of nitrogens with zero attached hydrogens (tertiary/aromatic N) is 1. The Kier molecular flexibility index (Phi) is 5.58. The van der Waals surface area contributed by atoms with Gasteiger partial charge in [0.1, 0.15) is 0 Å². The van der Waals surface area contributed by atoms with Crippen LogP contribution in [0.1, 0.15) is 27.2 Å². The molecule has 0 bridgehead atoms. The molecule has 0 aliphatic carbocycles. The van der Waals surface area contributed by atoms with Gasteiger partial charge in [-0.05, 0) is 33.7 Å². The van der Waals surface area contributed by atoms with Crippen LogP contribution in [0.2, 0.25) is 0 Å². The van der Waals surface area contributed by atoms with Crippen LogP contribution < -0.4 is 10.5 Å². The Hall–Kier alpha value is -0.170. The van der Waals surface area contributed by atoms with E-state index in [1.54, 1.807) is 20.9 Å². The summed E-state index contributed by atoms with van der Waals surface area (Å²) >= 11 is 0. The van der Waals surface area contributed by atoms with Crippen LogP contribution in [-0.4, -0.2) is 38.4 Å². The fraction of sp³-hybridized carbons (Fsp3) is 1.00. The third-order valence-corrected chi connectivity index (χ3v) is 3.86. The highest BCUT2D eigenvalue weighted by molar-refractivity contribution is 7.87. The standard InChI is InChI=1S/C8H21N3O2S/c1-7(2)10-14(12,13)11(4)8(3)5-6-9/h7-8,10H,5-6,9H2,1-4H3. The summed E-state index contributed by atoms with van der Waals surface area (Å²) in [5.41, 5.74) is 5.37. The van der Waals surface area contributed by atoms with Crippen molar-refractivity contribution in [2.24, 2.45) is 5.73 Å². The third-order valence-electron chi connectivity index (χ3n) is 1.97. The van der Waals surface area contributed by atoms with E-state index in [1.165, 1.54) is 4.31 Å². The Morgan fingerprint density at radius 2 is 1.86 bits per heavy atom. The molecule has 1 unspecified atom stereocenters. The molecule has 0 amide bonds. The average Bonchev–Trinajstić information content (AvgIpc) is 2.01. The Balaban J connectivity index is 4.42. The molecule has 0 aromatic carbocycles. The van der Waals surface area contributed by atoms with Crippen molar-refractivity contribution in [2.75, 3.05) is 13.6 Å². The lowest BCUT2D eigenvalue weighted by Crippen LogP contribution is -2.45. The third kappa shape index (κ3) is 4.36. The van der Waals surface area contributed by atoms with Gasteiger partial charge in [-0.3, -0.25) is 0 Å². The van der Waals surface area contributed by atoms with Gasteiger partial charge in [-0.2, -0.15) is 17.4 Å². The van der Waals surface area contributed by atoms with Gasteiger partial charge in [0.15, 0.2) is 0 Å². The molecule has 86 valence electrons. The van der Waals surface area contributed by atoms with Gasteiger partial charge in [0.05, 0.1) is 0 Å². The fourth-order valence-corrected chi connectivity index (χ4v) is 2.38. The first-order valence-corrected chi connectivity index (χ1v) is 6.20. The highest BCUT2D eigenvalue weighted by Gasteiger charge is 2.22. The molecule has 14 heavy (non-hydrogen) atoms. The zero-order valence-electron chi connectivity index (χ0n) is 9.32. The SMILES string of the molecule is CC(C)NS(=O)(=O)N(C)C(C)CCN. The van der Waals surface area contributed by atoms with E-state index in [4.69, 9.17) is 5.73 Å². The number of hydrogen-bond donors (Lipinski definition) is 2. The molecular formula is C8H21N3O2S. The number of nitrogens with two attached hydrogens (primary N) is 1. The maximum Gasteiger partial charge on any atom is 0.279 e. The van der Waals surface area contributed by atoms with Gasteiger partial charge in [-0.15, -0.1) is 0 Å². The predicted octanol–water partition coefficient (Wildman–Crippen LogP) is -0.102. The van der Waals surface area contributed by atoms with E-state index in [0.29, 0.717) is 13.0 Å². The van der Waals surface area contributed by atoms with E-state index in [0.717, 1.165) is 0 Å². The summed E-state index contributed by atoms with van der Waals surface area (Å²) in [5, 5.41) is 0. The first-order valence-electron chi connectivity index (χ1n) is 4.76. The second-order valence-corrected chi connectivity index (χ2v) is 5.48. The summed E-state index contributed by atoms with van der Waals surface area (Å²) in [6, 6.07) is -0.163. The van der Waals surface area contributed by atoms with Crippen molar-refractivity contribution in [1.29, 1.82) is 0 Å². The van der Waals surface area contributed by atoms with Crippen molar-refractivity contribution >= 4 is 10.2 Å². The smallest absolute Gasteiger partial charge is 0.279 e. The van der Waals surface area contributed by atoms with Crippen molar-refractivity contribution in [2.45, 2.75) is 39.3 Å². The zero-order chi connectivity index (χ0) is 11.4. The molecule has 3 N–H and O–H groups in total. The summed E-state index contributed by atoms with van der Waals surface area (Å²) in [7, 11) is -1.79. The van der Waals surface area contributed by atoms with Gasteiger partial charge in [0.2, 0.25) is 0 Å². The van der Waals surface area contributed by atoms with Crippen LogP contribution in [0, 0.1) is 0 Å². The second-order valence-electron chi connectivity index (χ2n) is 3.72. The first kappa shape index (κ1) is 13.8. The maximum atomic E-state index is 11.6. The van der Waals surface area contributed by atoms with E-state index in [2.05, 4.69) is 4.72 Å². The molecule has 0 radical (unpaired) electrons. The molecule has 0 fully saturated rings. The number of rotatable bonds is 6. The fourth-order valence-electron chi connectivity index (χ4n) is 1.04. The number of hydrogen-bond acceptors (Lipinski definition) is 3. The van der Waals surface area contributed by atoms with Crippen molar-refractivity contribution < 1.29 is 8.42 Å². The van der Waals surface area contributed by atoms with Gasteiger partial charge in [-0.25, -0.2) is 0 Å². The van der Waals surface area contributed by atoms with Crippen molar-refractivity contribution in [1.82, 2.24) is 9.03 Å². The molecule has 1 atom stereocenters. The zero-order valence-corrected chi connectivity index (χ0v) is 10.1. The maximum absolute atomic E-state index is 11.6. The topological polar surface area (TPSA) is 75.4 Å². The van der Waals surface area contributed by atoms with E-state index >= 15 is 0 Å². The Morgan fingerprint density at radius 3 is 2.21 bits per heavy atom. The van der Waals surface area contributed by atoms with Gasteiger partial charge in [0, 0.05) is 19.1 Å². The van der Waals surface area contributed by atoms with Gasteiger partial charge in [0.25, 0.3) is 10.2 Å². The summed E-state index contributed by atoms with van der Waals surface area (Å²) in [6.45, 7) is 5.91. The first-order chi connectivity index (χ1) is 6.31. The van der Waals surface area contributed by atoms with Crippen LogP contribution in [0.5, 0.6) is 0 Å². The van der Waals surface area contributed by atoms with E-state index in [1.807, 2.05) is 6.92 Å². The minimum atomic E-state index is -3.35. The van der Waals surface area contributed by atoms with E-state index < -0.39 is 10.2 Å². The molecule has 0 saturated carbocycles. The molecule has 0 heterocycles. The van der Waals surface area contributed by atoms with Crippen LogP contribution in [0.4, 0.5) is 0 Å². The van der Waals surface area contributed by atoms with E-state index in [9.17, 15) is 8.42 Å². The summed E-state index contributed by atoms with van der Waals surface area (Å²) < 4.78 is 27.1. The minimum Gasteiger partial charge on any atom is -0.330 e. The summed E-state index contributed by atoms with van der Waals surface area (Å²) in [5.74, 6) is 0. The van der Waals surface area contributed by atoms with Crippen LogP contribution >= 0.6 is 0 Å². The largest absolute Gasteiger partial charge is 0.330 e. The normalized spacial score (nSPS) is 15.1. The van der Waals surface area contributed by atoms with Crippen molar-refractivity contribution in [3.05, 3.63) is 0 Å². The Labute approximate surface area is 86.8 Å². The molecule has 0 aliphatic rings. The quantitative estimate of drug-likeness (QED) is 0.660. The molecule has 0 spiro atoms. The average molecular weight is 223 g/mol. The summed E-state index contributed by atoms with van der Waals surface area (Å²) in [6.07, 6.45) is 0.662. The molecule has 0 rings (SSSR count). The van der Waals surface area contributed by atoms with Crippen molar-refractivity contribution in [3.63, 3.8) is 0 Å². The van der Waals surface area contributed by atoms with Crippen LogP contribution in [0.25, 0.3) is 0 Å². The van der Waals surface area contributed by atoms with Crippen LogP contribution in [-0.2, 0) is 10.2 Å². The second kappa shape index (κ2) is 5.65. The molecule has 5 nitrogen and oxygen atoms in total. The Bertz CT molecular complexity index is 251. The van der Waals surface area contributed by atoms with Gasteiger partial charge >= 0.3 is 0 Å². The van der Waals surface area contributed by atoms with Crippen LogP contribution in [0.3, 0.4) is 0 Å². The van der Waals surface area contributed by atoms with Gasteiger partial charge in [-0.1, -0.05) is 0 Å². The molecule has 0 aromatic heterocycles. The van der Waals surface area contributed by atoms with Crippen LogP contribution in [0.15, 0.2) is 0 Å².